The molecule has 1 amide bonds. The van der Waals surface area contributed by atoms with Crippen LogP contribution in [0, 0.1) is 11.7 Å². The number of piperidine rings is 1. The summed E-state index contributed by atoms with van der Waals surface area (Å²) >= 11 is 5.72. The minimum absolute atomic E-state index is 0. The van der Waals surface area contributed by atoms with Crippen LogP contribution in [0.5, 0.6) is 0 Å². The lowest BCUT2D eigenvalue weighted by molar-refractivity contribution is 0.0685. The number of rotatable bonds is 4. The third kappa shape index (κ3) is 4.56. The van der Waals surface area contributed by atoms with Crippen molar-refractivity contribution in [3.05, 3.63) is 34.6 Å². The Kier molecular flexibility index (Phi) is 7.43. The molecule has 1 aliphatic rings. The van der Waals surface area contributed by atoms with Crippen LogP contribution in [0.25, 0.3) is 0 Å². The van der Waals surface area contributed by atoms with Gasteiger partial charge in [0, 0.05) is 13.1 Å². The van der Waals surface area contributed by atoms with E-state index < -0.39 is 5.82 Å². The van der Waals surface area contributed by atoms with Gasteiger partial charge in [0.15, 0.2) is 5.82 Å². The Morgan fingerprint density at radius 3 is 2.71 bits per heavy atom. The fourth-order valence-electron chi connectivity index (χ4n) is 2.53. The highest BCUT2D eigenvalue weighted by atomic mass is 35.5. The molecule has 0 bridgehead atoms. The SMILES string of the molecule is CCNCC1CCN(C(=O)c2cccc(Cl)c2F)CC1.Cl. The molecule has 0 radical (unpaired) electrons. The van der Waals surface area contributed by atoms with E-state index in [0.29, 0.717) is 19.0 Å². The maximum absolute atomic E-state index is 13.9. The molecule has 0 atom stereocenters. The highest BCUT2D eigenvalue weighted by molar-refractivity contribution is 6.31. The number of carbonyl (C=O) groups is 1. The van der Waals surface area contributed by atoms with E-state index in [4.69, 9.17) is 11.6 Å². The van der Waals surface area contributed by atoms with Crippen LogP contribution in [0.15, 0.2) is 18.2 Å². The highest BCUT2D eigenvalue weighted by Gasteiger charge is 2.25. The molecule has 1 aromatic carbocycles. The molecule has 2 rings (SSSR count). The van der Waals surface area contributed by atoms with Gasteiger partial charge < -0.3 is 10.2 Å². The first-order valence-electron chi connectivity index (χ1n) is 7.07. The van der Waals surface area contributed by atoms with Crippen LogP contribution in [0.4, 0.5) is 4.39 Å². The average Bonchev–Trinajstić information content (AvgIpc) is 2.48. The highest BCUT2D eigenvalue weighted by Crippen LogP contribution is 2.22. The van der Waals surface area contributed by atoms with Gasteiger partial charge in [0.05, 0.1) is 10.6 Å². The quantitative estimate of drug-likeness (QED) is 0.915. The lowest BCUT2D eigenvalue weighted by Crippen LogP contribution is -2.41. The molecule has 1 aliphatic heterocycles. The molecule has 0 spiro atoms. The second-order valence-electron chi connectivity index (χ2n) is 5.14. The molecule has 3 nitrogen and oxygen atoms in total. The van der Waals surface area contributed by atoms with Crippen LogP contribution in [0.2, 0.25) is 5.02 Å². The van der Waals surface area contributed by atoms with Crippen molar-refractivity contribution in [2.24, 2.45) is 5.92 Å². The van der Waals surface area contributed by atoms with Crippen LogP contribution < -0.4 is 5.32 Å². The van der Waals surface area contributed by atoms with Gasteiger partial charge in [0.2, 0.25) is 0 Å². The Morgan fingerprint density at radius 1 is 1.43 bits per heavy atom. The summed E-state index contributed by atoms with van der Waals surface area (Å²) in [6.45, 7) is 5.40. The lowest BCUT2D eigenvalue weighted by Gasteiger charge is -2.32. The number of hydrogen-bond acceptors (Lipinski definition) is 2. The standard InChI is InChI=1S/C15H20ClFN2O.ClH/c1-2-18-10-11-6-8-19(9-7-11)15(20)12-4-3-5-13(16)14(12)17;/h3-5,11,18H,2,6-10H2,1H3;1H. The zero-order valence-electron chi connectivity index (χ0n) is 12.1. The molecule has 118 valence electrons. The normalized spacial score (nSPS) is 15.7. The molecule has 1 N–H and O–H groups in total. The molecule has 21 heavy (non-hydrogen) atoms. The van der Waals surface area contributed by atoms with Crippen molar-refractivity contribution in [2.75, 3.05) is 26.2 Å². The van der Waals surface area contributed by atoms with E-state index in [-0.39, 0.29) is 28.9 Å². The van der Waals surface area contributed by atoms with Gasteiger partial charge in [-0.25, -0.2) is 4.39 Å². The summed E-state index contributed by atoms with van der Waals surface area (Å²) < 4.78 is 13.9. The van der Waals surface area contributed by atoms with E-state index in [9.17, 15) is 9.18 Å². The van der Waals surface area contributed by atoms with Gasteiger partial charge in [-0.2, -0.15) is 0 Å². The van der Waals surface area contributed by atoms with Crippen molar-refractivity contribution < 1.29 is 9.18 Å². The van der Waals surface area contributed by atoms with Gasteiger partial charge >= 0.3 is 0 Å². The van der Waals surface area contributed by atoms with E-state index in [2.05, 4.69) is 12.2 Å². The average molecular weight is 335 g/mol. The van der Waals surface area contributed by atoms with Crippen molar-refractivity contribution in [3.63, 3.8) is 0 Å². The van der Waals surface area contributed by atoms with Gasteiger partial charge in [-0.3, -0.25) is 4.79 Å². The van der Waals surface area contributed by atoms with Gasteiger partial charge in [-0.1, -0.05) is 24.6 Å². The summed E-state index contributed by atoms with van der Waals surface area (Å²) in [6, 6.07) is 4.56. The second kappa shape index (κ2) is 8.57. The predicted molar refractivity (Wildman–Crippen MR) is 85.8 cm³/mol. The molecule has 6 heteroatoms. The largest absolute Gasteiger partial charge is 0.339 e. The summed E-state index contributed by atoms with van der Waals surface area (Å²) in [6.07, 6.45) is 1.92. The third-order valence-corrected chi connectivity index (χ3v) is 4.06. The molecule has 1 saturated heterocycles. The number of likely N-dealkylation sites (tertiary alicyclic amines) is 1. The molecule has 1 fully saturated rings. The molecule has 0 aliphatic carbocycles. The summed E-state index contributed by atoms with van der Waals surface area (Å²) in [7, 11) is 0. The van der Waals surface area contributed by atoms with E-state index >= 15 is 0 Å². The maximum Gasteiger partial charge on any atom is 0.256 e. The zero-order valence-corrected chi connectivity index (χ0v) is 13.6. The Morgan fingerprint density at radius 2 is 2.10 bits per heavy atom. The van der Waals surface area contributed by atoms with E-state index in [1.54, 1.807) is 11.0 Å². The van der Waals surface area contributed by atoms with Crippen LogP contribution >= 0.6 is 24.0 Å². The number of amides is 1. The molecular formula is C15H21Cl2FN2O. The van der Waals surface area contributed by atoms with Crippen molar-refractivity contribution >= 4 is 29.9 Å². The van der Waals surface area contributed by atoms with E-state index in [0.717, 1.165) is 25.9 Å². The summed E-state index contributed by atoms with van der Waals surface area (Å²) in [5.41, 5.74) is 0.0719. The van der Waals surface area contributed by atoms with Crippen molar-refractivity contribution in [1.29, 1.82) is 0 Å². The van der Waals surface area contributed by atoms with Gasteiger partial charge in [-0.05, 0) is 44.0 Å². The van der Waals surface area contributed by atoms with Gasteiger partial charge in [0.1, 0.15) is 0 Å². The first-order chi connectivity index (χ1) is 9.63. The van der Waals surface area contributed by atoms with Crippen molar-refractivity contribution in [1.82, 2.24) is 10.2 Å². The summed E-state index contributed by atoms with van der Waals surface area (Å²) in [4.78, 5) is 14.0. The Hall–Kier alpha value is -0.840. The smallest absolute Gasteiger partial charge is 0.256 e. The molecule has 1 heterocycles. The van der Waals surface area contributed by atoms with Gasteiger partial charge in [0.25, 0.3) is 5.91 Å². The Labute approximate surface area is 136 Å². The lowest BCUT2D eigenvalue weighted by atomic mass is 9.96. The molecule has 1 aromatic rings. The van der Waals surface area contributed by atoms with Crippen LogP contribution in [0.3, 0.4) is 0 Å². The number of carbonyl (C=O) groups excluding carboxylic acids is 1. The minimum atomic E-state index is -0.617. The van der Waals surface area contributed by atoms with Crippen molar-refractivity contribution in [3.8, 4) is 0 Å². The van der Waals surface area contributed by atoms with Crippen LogP contribution in [-0.2, 0) is 0 Å². The first kappa shape index (κ1) is 18.2. The topological polar surface area (TPSA) is 32.3 Å². The minimum Gasteiger partial charge on any atom is -0.339 e. The number of hydrogen-bond donors (Lipinski definition) is 1. The first-order valence-corrected chi connectivity index (χ1v) is 7.45. The van der Waals surface area contributed by atoms with E-state index in [1.807, 2.05) is 0 Å². The fraction of sp³-hybridized carbons (Fsp3) is 0.533. The van der Waals surface area contributed by atoms with Crippen LogP contribution in [0.1, 0.15) is 30.1 Å². The summed E-state index contributed by atoms with van der Waals surface area (Å²) in [5, 5.41) is 3.33. The zero-order chi connectivity index (χ0) is 14.5. The number of nitrogens with zero attached hydrogens (tertiary/aromatic N) is 1. The fourth-order valence-corrected chi connectivity index (χ4v) is 2.70. The number of halogens is 3. The Balaban J connectivity index is 0.00000220. The molecular weight excluding hydrogens is 314 g/mol. The van der Waals surface area contributed by atoms with Gasteiger partial charge in [-0.15, -0.1) is 12.4 Å². The molecule has 0 aromatic heterocycles. The second-order valence-corrected chi connectivity index (χ2v) is 5.55. The summed E-state index contributed by atoms with van der Waals surface area (Å²) in [5.74, 6) is -0.274. The van der Waals surface area contributed by atoms with Crippen molar-refractivity contribution in [2.45, 2.75) is 19.8 Å². The molecule has 0 unspecified atom stereocenters. The number of benzene rings is 1. The third-order valence-electron chi connectivity index (χ3n) is 3.77. The van der Waals surface area contributed by atoms with Crippen LogP contribution in [-0.4, -0.2) is 37.0 Å². The number of nitrogens with one attached hydrogen (secondary N) is 1. The maximum atomic E-state index is 13.9. The molecule has 0 saturated carbocycles. The Bertz CT molecular complexity index is 477. The monoisotopic (exact) mass is 334 g/mol. The van der Waals surface area contributed by atoms with E-state index in [1.165, 1.54) is 12.1 Å². The predicted octanol–water partition coefficient (Wildman–Crippen LogP) is 3.36.